The van der Waals surface area contributed by atoms with E-state index in [1.165, 1.54) is 11.3 Å². The molecule has 0 atom stereocenters. The highest BCUT2D eigenvalue weighted by molar-refractivity contribution is 7.13. The molecular formula is C10H14N2O3S. The number of nitrogens with zero attached hydrogens (tertiary/aromatic N) is 1. The number of nitrogens with one attached hydrogen (secondary N) is 1. The normalized spacial score (nSPS) is 11.2. The van der Waals surface area contributed by atoms with Crippen LogP contribution in [0.2, 0.25) is 0 Å². The van der Waals surface area contributed by atoms with Crippen LogP contribution < -0.4 is 5.32 Å². The van der Waals surface area contributed by atoms with Gasteiger partial charge >= 0.3 is 5.97 Å². The van der Waals surface area contributed by atoms with E-state index in [1.54, 1.807) is 26.2 Å². The van der Waals surface area contributed by atoms with Crippen LogP contribution in [0.25, 0.3) is 0 Å². The largest absolute Gasteiger partial charge is 0.481 e. The number of thiazole rings is 1. The predicted octanol–water partition coefficient (Wildman–Crippen LogP) is 1.75. The molecule has 0 bridgehead atoms. The van der Waals surface area contributed by atoms with E-state index in [9.17, 15) is 9.59 Å². The second-order valence-electron chi connectivity index (χ2n) is 4.42. The van der Waals surface area contributed by atoms with Crippen molar-refractivity contribution in [1.29, 1.82) is 0 Å². The molecule has 1 rings (SSSR count). The third-order valence-corrected chi connectivity index (χ3v) is 2.59. The first kappa shape index (κ1) is 12.6. The average molecular weight is 242 g/mol. The first-order valence-electron chi connectivity index (χ1n) is 4.76. The topological polar surface area (TPSA) is 79.3 Å². The summed E-state index contributed by atoms with van der Waals surface area (Å²) >= 11 is 1.23. The van der Waals surface area contributed by atoms with Gasteiger partial charge in [-0.05, 0) is 0 Å². The van der Waals surface area contributed by atoms with Crippen molar-refractivity contribution < 1.29 is 14.7 Å². The number of amides is 1. The highest BCUT2D eigenvalue weighted by Crippen LogP contribution is 2.20. The number of aromatic nitrogens is 1. The molecule has 0 radical (unpaired) electrons. The summed E-state index contributed by atoms with van der Waals surface area (Å²) in [5, 5.41) is 13.3. The molecule has 0 spiro atoms. The van der Waals surface area contributed by atoms with Crippen LogP contribution in [0.5, 0.6) is 0 Å². The molecule has 1 aromatic heterocycles. The molecule has 0 saturated heterocycles. The third-order valence-electron chi connectivity index (χ3n) is 1.79. The van der Waals surface area contributed by atoms with Gasteiger partial charge in [-0.1, -0.05) is 20.8 Å². The van der Waals surface area contributed by atoms with Gasteiger partial charge in [0.1, 0.15) is 0 Å². The van der Waals surface area contributed by atoms with Gasteiger partial charge < -0.3 is 10.4 Å². The van der Waals surface area contributed by atoms with Crippen LogP contribution in [0.15, 0.2) is 5.38 Å². The van der Waals surface area contributed by atoms with Gasteiger partial charge in [0, 0.05) is 10.8 Å². The van der Waals surface area contributed by atoms with Gasteiger partial charge in [0.25, 0.3) is 0 Å². The molecule has 88 valence electrons. The maximum Gasteiger partial charge on any atom is 0.309 e. The zero-order valence-electron chi connectivity index (χ0n) is 9.40. The minimum Gasteiger partial charge on any atom is -0.481 e. The first-order valence-corrected chi connectivity index (χ1v) is 5.64. The van der Waals surface area contributed by atoms with Gasteiger partial charge in [-0.15, -0.1) is 11.3 Å². The number of hydrogen-bond acceptors (Lipinski definition) is 4. The van der Waals surface area contributed by atoms with E-state index in [4.69, 9.17) is 5.11 Å². The smallest absolute Gasteiger partial charge is 0.309 e. The fourth-order valence-corrected chi connectivity index (χ4v) is 1.59. The monoisotopic (exact) mass is 242 g/mol. The quantitative estimate of drug-likeness (QED) is 0.846. The molecule has 0 aliphatic rings. The summed E-state index contributed by atoms with van der Waals surface area (Å²) in [6.45, 7) is 5.40. The molecule has 5 nitrogen and oxygen atoms in total. The second-order valence-corrected chi connectivity index (χ2v) is 5.28. The molecule has 16 heavy (non-hydrogen) atoms. The highest BCUT2D eigenvalue weighted by atomic mass is 32.1. The van der Waals surface area contributed by atoms with Gasteiger partial charge in [-0.25, -0.2) is 4.98 Å². The van der Waals surface area contributed by atoms with E-state index < -0.39 is 11.4 Å². The summed E-state index contributed by atoms with van der Waals surface area (Å²) in [6, 6.07) is 0. The van der Waals surface area contributed by atoms with Gasteiger partial charge in [0.15, 0.2) is 5.13 Å². The lowest BCUT2D eigenvalue weighted by Crippen LogP contribution is -2.27. The zero-order chi connectivity index (χ0) is 12.3. The van der Waals surface area contributed by atoms with Crippen LogP contribution in [0.3, 0.4) is 0 Å². The Morgan fingerprint density at radius 3 is 2.62 bits per heavy atom. The number of hydrogen-bond donors (Lipinski definition) is 2. The third kappa shape index (κ3) is 3.62. The Kier molecular flexibility index (Phi) is 3.64. The molecule has 0 unspecified atom stereocenters. The Morgan fingerprint density at radius 2 is 2.12 bits per heavy atom. The van der Waals surface area contributed by atoms with Crippen LogP contribution in [0.1, 0.15) is 26.5 Å². The zero-order valence-corrected chi connectivity index (χ0v) is 10.2. The maximum atomic E-state index is 11.6. The fraction of sp³-hybridized carbons (Fsp3) is 0.500. The standard InChI is InChI=1S/C10H14N2O3S/c1-10(2,3)8(15)12-9-11-6(5-16-9)4-7(13)14/h5H,4H2,1-3H3,(H,13,14)(H,11,12,15). The summed E-state index contributed by atoms with van der Waals surface area (Å²) in [6.07, 6.45) is -0.123. The van der Waals surface area contributed by atoms with E-state index >= 15 is 0 Å². The van der Waals surface area contributed by atoms with Crippen molar-refractivity contribution in [2.24, 2.45) is 5.41 Å². The Balaban J connectivity index is 2.66. The minimum absolute atomic E-state index is 0.123. The van der Waals surface area contributed by atoms with Gasteiger partial charge in [-0.2, -0.15) is 0 Å². The molecule has 0 aliphatic carbocycles. The van der Waals surface area contributed by atoms with Crippen molar-refractivity contribution in [3.8, 4) is 0 Å². The molecular weight excluding hydrogens is 228 g/mol. The van der Waals surface area contributed by atoms with Crippen LogP contribution in [0, 0.1) is 5.41 Å². The Morgan fingerprint density at radius 1 is 1.50 bits per heavy atom. The SMILES string of the molecule is CC(C)(C)C(=O)Nc1nc(CC(=O)O)cs1. The van der Waals surface area contributed by atoms with Crippen molar-refractivity contribution in [2.45, 2.75) is 27.2 Å². The predicted molar refractivity (Wildman–Crippen MR) is 61.5 cm³/mol. The Labute approximate surface area is 97.5 Å². The average Bonchev–Trinajstić information content (AvgIpc) is 2.49. The second kappa shape index (κ2) is 4.61. The van der Waals surface area contributed by atoms with Crippen molar-refractivity contribution in [2.75, 3.05) is 5.32 Å². The van der Waals surface area contributed by atoms with E-state index in [1.807, 2.05) is 0 Å². The molecule has 1 amide bonds. The molecule has 0 aromatic carbocycles. The van der Waals surface area contributed by atoms with Crippen molar-refractivity contribution in [1.82, 2.24) is 4.98 Å². The van der Waals surface area contributed by atoms with Crippen molar-refractivity contribution in [3.63, 3.8) is 0 Å². The summed E-state index contributed by atoms with van der Waals surface area (Å²) in [7, 11) is 0. The van der Waals surface area contributed by atoms with Gasteiger partial charge in [-0.3, -0.25) is 9.59 Å². The Bertz CT molecular complexity index is 406. The lowest BCUT2D eigenvalue weighted by atomic mass is 9.96. The molecule has 0 fully saturated rings. The lowest BCUT2D eigenvalue weighted by molar-refractivity contribution is -0.136. The first-order chi connectivity index (χ1) is 7.29. The summed E-state index contributed by atoms with van der Waals surface area (Å²) < 4.78 is 0. The van der Waals surface area contributed by atoms with Gasteiger partial charge in [0.05, 0.1) is 12.1 Å². The van der Waals surface area contributed by atoms with E-state index in [0.29, 0.717) is 10.8 Å². The minimum atomic E-state index is -0.931. The molecule has 0 aliphatic heterocycles. The lowest BCUT2D eigenvalue weighted by Gasteiger charge is -2.15. The fourth-order valence-electron chi connectivity index (χ4n) is 0.885. The van der Waals surface area contributed by atoms with Crippen molar-refractivity contribution in [3.05, 3.63) is 11.1 Å². The van der Waals surface area contributed by atoms with Crippen LogP contribution in [-0.2, 0) is 16.0 Å². The Hall–Kier alpha value is -1.43. The summed E-state index contributed by atoms with van der Waals surface area (Å²) in [5.41, 5.74) is -0.0276. The number of rotatable bonds is 3. The molecule has 0 saturated carbocycles. The number of carbonyl (C=O) groups excluding carboxylic acids is 1. The van der Waals surface area contributed by atoms with E-state index in [-0.39, 0.29) is 12.3 Å². The highest BCUT2D eigenvalue weighted by Gasteiger charge is 2.22. The van der Waals surface area contributed by atoms with Gasteiger partial charge in [0.2, 0.25) is 5.91 Å². The van der Waals surface area contributed by atoms with Crippen LogP contribution in [-0.4, -0.2) is 22.0 Å². The molecule has 1 aromatic rings. The summed E-state index contributed by atoms with van der Waals surface area (Å²) in [4.78, 5) is 26.1. The number of aliphatic carboxylic acids is 1. The van der Waals surface area contributed by atoms with Crippen LogP contribution >= 0.6 is 11.3 Å². The van der Waals surface area contributed by atoms with Crippen LogP contribution in [0.4, 0.5) is 5.13 Å². The number of carbonyl (C=O) groups is 2. The number of anilines is 1. The molecule has 1 heterocycles. The van der Waals surface area contributed by atoms with E-state index in [0.717, 1.165) is 0 Å². The summed E-state index contributed by atoms with van der Waals surface area (Å²) in [5.74, 6) is -1.07. The molecule has 6 heteroatoms. The van der Waals surface area contributed by atoms with E-state index in [2.05, 4.69) is 10.3 Å². The molecule has 2 N–H and O–H groups in total. The van der Waals surface area contributed by atoms with Crippen molar-refractivity contribution >= 4 is 28.3 Å². The number of carboxylic acids is 1. The maximum absolute atomic E-state index is 11.6. The number of carboxylic acid groups (broad SMARTS) is 1.